The van der Waals surface area contributed by atoms with Gasteiger partial charge in [-0.2, -0.15) is 0 Å². The number of carbonyl (C=O) groups is 3. The molecule has 2 atom stereocenters. The molecule has 0 aliphatic heterocycles. The molecule has 0 spiro atoms. The largest absolute Gasteiger partial charge is 0.477 e. The standard InChI is InChI=1S/C47H85NO7/c1-6-8-10-12-14-16-18-20-21-22-23-24-26-27-29-31-33-35-37-45(49)54-42-43(41-53-40-39-44(47(51)52)48(3,4)5)55-46(50)38-36-34-32-30-28-25-19-17-15-13-11-9-7-2/h21-25,28,43-44H,6-20,26-27,29-42H2,1-5H3/p+1/b22-21+,24-23+,28-25+. The molecule has 0 fully saturated rings. The summed E-state index contributed by atoms with van der Waals surface area (Å²) in [6.45, 7) is 4.69. The number of aliphatic carboxylic acids is 1. The van der Waals surface area contributed by atoms with Crippen molar-refractivity contribution in [1.82, 2.24) is 0 Å². The van der Waals surface area contributed by atoms with Crippen LogP contribution in [0.1, 0.15) is 194 Å². The molecule has 0 bridgehead atoms. The first-order valence-electron chi connectivity index (χ1n) is 22.5. The predicted molar refractivity (Wildman–Crippen MR) is 229 cm³/mol. The lowest BCUT2D eigenvalue weighted by Crippen LogP contribution is -2.50. The Labute approximate surface area is 338 Å². The topological polar surface area (TPSA) is 99.1 Å². The summed E-state index contributed by atoms with van der Waals surface area (Å²) in [6, 6.07) is -0.618. The highest BCUT2D eigenvalue weighted by Gasteiger charge is 2.31. The summed E-state index contributed by atoms with van der Waals surface area (Å²) >= 11 is 0. The number of nitrogens with zero attached hydrogens (tertiary/aromatic N) is 1. The summed E-state index contributed by atoms with van der Waals surface area (Å²) in [5.41, 5.74) is 0. The minimum absolute atomic E-state index is 0.0509. The van der Waals surface area contributed by atoms with Crippen LogP contribution >= 0.6 is 0 Å². The van der Waals surface area contributed by atoms with Crippen molar-refractivity contribution in [3.63, 3.8) is 0 Å². The number of hydrogen-bond acceptors (Lipinski definition) is 6. The number of unbranched alkanes of at least 4 members (excludes halogenated alkanes) is 21. The number of carboxylic acids is 1. The minimum atomic E-state index is -0.879. The fourth-order valence-electron chi connectivity index (χ4n) is 6.49. The van der Waals surface area contributed by atoms with Crippen molar-refractivity contribution in [2.75, 3.05) is 41.0 Å². The van der Waals surface area contributed by atoms with Crippen LogP contribution in [-0.4, -0.2) is 80.6 Å². The summed E-state index contributed by atoms with van der Waals surface area (Å²) in [5, 5.41) is 9.61. The first-order chi connectivity index (χ1) is 26.6. The smallest absolute Gasteiger partial charge is 0.362 e. The zero-order chi connectivity index (χ0) is 40.7. The third kappa shape index (κ3) is 36.9. The summed E-state index contributed by atoms with van der Waals surface area (Å²) in [4.78, 5) is 36.9. The Balaban J connectivity index is 4.36. The van der Waals surface area contributed by atoms with Gasteiger partial charge in [0.2, 0.25) is 0 Å². The summed E-state index contributed by atoms with van der Waals surface area (Å²) in [5.74, 6) is -1.50. The van der Waals surface area contributed by atoms with Gasteiger partial charge in [0.15, 0.2) is 12.1 Å². The van der Waals surface area contributed by atoms with Crippen molar-refractivity contribution in [2.24, 2.45) is 0 Å². The van der Waals surface area contributed by atoms with E-state index < -0.39 is 18.1 Å². The van der Waals surface area contributed by atoms with E-state index in [-0.39, 0.29) is 36.2 Å². The summed E-state index contributed by atoms with van der Waals surface area (Å²) < 4.78 is 17.2. The lowest BCUT2D eigenvalue weighted by atomic mass is 10.1. The third-order valence-electron chi connectivity index (χ3n) is 10.0. The highest BCUT2D eigenvalue weighted by Crippen LogP contribution is 2.13. The van der Waals surface area contributed by atoms with E-state index in [1.54, 1.807) is 0 Å². The lowest BCUT2D eigenvalue weighted by Gasteiger charge is -2.31. The fourth-order valence-corrected chi connectivity index (χ4v) is 6.49. The van der Waals surface area contributed by atoms with E-state index in [4.69, 9.17) is 14.2 Å². The Kier molecular flexibility index (Phi) is 36.7. The van der Waals surface area contributed by atoms with Crippen LogP contribution in [-0.2, 0) is 28.6 Å². The first-order valence-corrected chi connectivity index (χ1v) is 22.5. The molecule has 320 valence electrons. The molecular formula is C47H86NO7+. The van der Waals surface area contributed by atoms with E-state index in [0.717, 1.165) is 70.6 Å². The molecule has 1 N–H and O–H groups in total. The molecule has 0 radical (unpaired) electrons. The number of likely N-dealkylation sites (N-methyl/N-ethyl adjacent to an activating group) is 1. The molecule has 8 heteroatoms. The van der Waals surface area contributed by atoms with E-state index >= 15 is 0 Å². The average molecular weight is 777 g/mol. The van der Waals surface area contributed by atoms with Crippen LogP contribution in [0.15, 0.2) is 36.5 Å². The summed E-state index contributed by atoms with van der Waals surface area (Å²) in [6.07, 6.45) is 43.3. The summed E-state index contributed by atoms with van der Waals surface area (Å²) in [7, 11) is 5.52. The van der Waals surface area contributed by atoms with Crippen LogP contribution in [0.3, 0.4) is 0 Å². The average Bonchev–Trinajstić information content (AvgIpc) is 3.14. The van der Waals surface area contributed by atoms with Crippen molar-refractivity contribution in [2.45, 2.75) is 206 Å². The first kappa shape index (κ1) is 52.6. The van der Waals surface area contributed by atoms with Crippen molar-refractivity contribution in [3.8, 4) is 0 Å². The van der Waals surface area contributed by atoms with Gasteiger partial charge in [0.25, 0.3) is 0 Å². The van der Waals surface area contributed by atoms with Crippen LogP contribution in [0, 0.1) is 0 Å². The van der Waals surface area contributed by atoms with Crippen molar-refractivity contribution in [1.29, 1.82) is 0 Å². The second kappa shape index (κ2) is 38.4. The molecule has 0 heterocycles. The van der Waals surface area contributed by atoms with Gasteiger partial charge in [0.1, 0.15) is 6.61 Å². The Morgan fingerprint density at radius 2 is 0.964 bits per heavy atom. The molecule has 0 aromatic carbocycles. The minimum Gasteiger partial charge on any atom is -0.477 e. The molecule has 55 heavy (non-hydrogen) atoms. The predicted octanol–water partition coefficient (Wildman–Crippen LogP) is 12.2. The molecule has 0 amide bonds. The van der Waals surface area contributed by atoms with E-state index in [1.807, 2.05) is 21.1 Å². The monoisotopic (exact) mass is 777 g/mol. The highest BCUT2D eigenvalue weighted by atomic mass is 16.6. The number of esters is 2. The number of rotatable bonds is 40. The van der Waals surface area contributed by atoms with Gasteiger partial charge >= 0.3 is 17.9 Å². The maximum atomic E-state index is 12.7. The third-order valence-corrected chi connectivity index (χ3v) is 10.0. The van der Waals surface area contributed by atoms with Crippen LogP contribution in [0.5, 0.6) is 0 Å². The number of ether oxygens (including phenoxy) is 3. The van der Waals surface area contributed by atoms with Gasteiger partial charge in [-0.3, -0.25) is 9.59 Å². The molecule has 0 aromatic heterocycles. The van der Waals surface area contributed by atoms with Crippen LogP contribution < -0.4 is 0 Å². The molecule has 0 aliphatic carbocycles. The zero-order valence-corrected chi connectivity index (χ0v) is 36.4. The number of carbonyl (C=O) groups excluding carboxylic acids is 2. The van der Waals surface area contributed by atoms with E-state index in [1.165, 1.54) is 89.9 Å². The fraction of sp³-hybridized carbons (Fsp3) is 0.809. The van der Waals surface area contributed by atoms with Gasteiger partial charge in [-0.1, -0.05) is 147 Å². The van der Waals surface area contributed by atoms with Crippen molar-refractivity contribution in [3.05, 3.63) is 36.5 Å². The molecule has 2 unspecified atom stereocenters. The molecular weight excluding hydrogens is 691 g/mol. The number of carboxylic acid groups (broad SMARTS) is 1. The molecule has 0 aliphatic rings. The molecule has 0 aromatic rings. The Morgan fingerprint density at radius 3 is 1.44 bits per heavy atom. The van der Waals surface area contributed by atoms with Crippen LogP contribution in [0.25, 0.3) is 0 Å². The second-order valence-corrected chi connectivity index (χ2v) is 16.3. The van der Waals surface area contributed by atoms with Gasteiger partial charge in [-0.05, 0) is 64.2 Å². The Bertz CT molecular complexity index is 1000. The Hall–Kier alpha value is -2.45. The SMILES string of the molecule is CCCCCCCC/C=C/CCCCCC(=O)OC(COCCC(C(=O)O)[N+](C)(C)C)COC(=O)CCCCCCC/C=C/C=C/CCCCCCCCC. The van der Waals surface area contributed by atoms with Gasteiger partial charge in [-0.15, -0.1) is 0 Å². The molecule has 0 saturated carbocycles. The van der Waals surface area contributed by atoms with E-state index in [0.29, 0.717) is 19.3 Å². The maximum Gasteiger partial charge on any atom is 0.362 e. The lowest BCUT2D eigenvalue weighted by molar-refractivity contribution is -0.887. The van der Waals surface area contributed by atoms with Crippen molar-refractivity contribution < 1.29 is 38.2 Å². The highest BCUT2D eigenvalue weighted by molar-refractivity contribution is 5.72. The van der Waals surface area contributed by atoms with Gasteiger partial charge in [0.05, 0.1) is 34.4 Å². The quantitative estimate of drug-likeness (QED) is 0.0217. The van der Waals surface area contributed by atoms with Gasteiger partial charge in [-0.25, -0.2) is 4.79 Å². The van der Waals surface area contributed by atoms with Crippen LogP contribution in [0.4, 0.5) is 0 Å². The Morgan fingerprint density at radius 1 is 0.545 bits per heavy atom. The van der Waals surface area contributed by atoms with Gasteiger partial charge in [0, 0.05) is 19.3 Å². The maximum absolute atomic E-state index is 12.7. The van der Waals surface area contributed by atoms with Crippen LogP contribution in [0.2, 0.25) is 0 Å². The van der Waals surface area contributed by atoms with E-state index in [2.05, 4.69) is 50.3 Å². The normalized spacial score (nSPS) is 13.3. The number of quaternary nitrogens is 1. The molecule has 0 rings (SSSR count). The van der Waals surface area contributed by atoms with Gasteiger partial charge < -0.3 is 23.8 Å². The molecule has 0 saturated heterocycles. The number of allylic oxidation sites excluding steroid dienone is 6. The van der Waals surface area contributed by atoms with E-state index in [9.17, 15) is 19.5 Å². The molecule has 8 nitrogen and oxygen atoms in total. The number of hydrogen-bond donors (Lipinski definition) is 1. The second-order valence-electron chi connectivity index (χ2n) is 16.3. The van der Waals surface area contributed by atoms with Crippen molar-refractivity contribution >= 4 is 17.9 Å². The zero-order valence-electron chi connectivity index (χ0n) is 36.4.